The number of rotatable bonds is 54. The molecule has 2 aromatic rings. The number of hydrogen-bond acceptors (Lipinski definition) is 42. The largest absolute Gasteiger partial charge is 0.394 e. The summed E-state index contributed by atoms with van der Waals surface area (Å²) in [5.74, 6) is -7.09. The van der Waals surface area contributed by atoms with Gasteiger partial charge in [0.15, 0.2) is 42.9 Å². The number of aryl methyl sites for hydroxylation is 4. The minimum absolute atomic E-state index is 0.0286. The minimum atomic E-state index is -1.91. The molecule has 4 saturated heterocycles. The molecular weight excluding hydrogens is 1800 g/mol. The Balaban J connectivity index is 0.859. The predicted molar refractivity (Wildman–Crippen MR) is 472 cm³/mol. The van der Waals surface area contributed by atoms with E-state index in [1.54, 1.807) is 19.3 Å². The van der Waals surface area contributed by atoms with Gasteiger partial charge < -0.3 is 203 Å². The lowest BCUT2D eigenvalue weighted by Gasteiger charge is -2.48. The number of aromatic nitrogens is 6. The fourth-order valence-electron chi connectivity index (χ4n) is 16.9. The maximum atomic E-state index is 15.3. The Hall–Kier alpha value is -8.34. The van der Waals surface area contributed by atoms with Crippen LogP contribution in [0, 0.1) is 5.92 Å². The number of Topliss-reactive ketones (excluding diaryl/α,β-unsaturated/α-hetero) is 1. The number of amides is 7. The topological polar surface area (TPSA) is 912 Å². The lowest BCUT2D eigenvalue weighted by Crippen LogP contribution is -2.68. The molecule has 136 heavy (non-hydrogen) atoms. The highest BCUT2D eigenvalue weighted by atomic mass is 16.7. The van der Waals surface area contributed by atoms with Crippen molar-refractivity contribution in [3.05, 3.63) is 23.8 Å². The fourth-order valence-corrected chi connectivity index (χ4v) is 16.9. The molecule has 0 bridgehead atoms. The zero-order valence-electron chi connectivity index (χ0n) is 76.5. The second-order valence-corrected chi connectivity index (χ2v) is 35.4. The van der Waals surface area contributed by atoms with Crippen LogP contribution in [0.4, 0.5) is 0 Å². The summed E-state index contributed by atoms with van der Waals surface area (Å²) in [7, 11) is 0. The zero-order valence-corrected chi connectivity index (χ0v) is 76.5. The van der Waals surface area contributed by atoms with Crippen molar-refractivity contribution in [2.24, 2.45) is 79.0 Å². The number of aliphatic hydroxyl groups is 14. The third-order valence-electron chi connectivity index (χ3n) is 24.7. The van der Waals surface area contributed by atoms with E-state index in [0.717, 1.165) is 24.2 Å². The molecule has 6 fully saturated rings. The van der Waals surface area contributed by atoms with Crippen LogP contribution in [-0.4, -0.2) is 443 Å². The minimum Gasteiger partial charge on any atom is -0.394 e. The van der Waals surface area contributed by atoms with Gasteiger partial charge in [0.05, 0.1) is 74.8 Å². The van der Waals surface area contributed by atoms with Gasteiger partial charge >= 0.3 is 0 Å². The molecule has 2 aliphatic carbocycles. The van der Waals surface area contributed by atoms with Crippen molar-refractivity contribution in [3.8, 4) is 0 Å². The first-order valence-electron chi connectivity index (χ1n) is 46.1. The van der Waals surface area contributed by atoms with Crippen LogP contribution in [0.15, 0.2) is 22.4 Å². The number of aliphatic hydroxyl groups excluding tert-OH is 14. The number of ketones is 1. The Morgan fingerprint density at radius 1 is 0.463 bits per heavy atom. The first kappa shape index (κ1) is 113. The molecule has 6 heterocycles. The number of nitrogens with one attached hydrogen (secondary N) is 3. The lowest BCUT2D eigenvalue weighted by atomic mass is 9.84. The van der Waals surface area contributed by atoms with Crippen LogP contribution in [0.5, 0.6) is 0 Å². The molecule has 0 spiro atoms. The highest BCUT2D eigenvalue weighted by Crippen LogP contribution is 2.35. The molecule has 6 aliphatic rings. The Morgan fingerprint density at radius 3 is 1.29 bits per heavy atom. The third kappa shape index (κ3) is 32.6. The van der Waals surface area contributed by atoms with Crippen molar-refractivity contribution in [1.29, 1.82) is 0 Å². The van der Waals surface area contributed by atoms with Gasteiger partial charge in [-0.15, -0.1) is 10.2 Å². The van der Waals surface area contributed by atoms with Crippen LogP contribution in [0.2, 0.25) is 0 Å². The van der Waals surface area contributed by atoms with Gasteiger partial charge in [-0.25, -0.2) is 0 Å². The molecule has 32 atom stereocenters. The molecular formula is C81H145N25O30. The Labute approximate surface area is 784 Å². The number of carbonyl (C=O) groups excluding carboxylic acids is 8. The number of carbonyl (C=O) groups is 8. The highest BCUT2D eigenvalue weighted by molar-refractivity contribution is 5.94. The summed E-state index contributed by atoms with van der Waals surface area (Å²) in [4.78, 5) is 123. The summed E-state index contributed by atoms with van der Waals surface area (Å²) >= 11 is 0. The number of hydrogen-bond donors (Lipinski definition) is 28. The molecule has 0 radical (unpaired) electrons. The molecule has 30 unspecified atom stereocenters. The van der Waals surface area contributed by atoms with Crippen molar-refractivity contribution < 1.29 is 148 Å². The summed E-state index contributed by atoms with van der Waals surface area (Å²) in [5.41, 5.74) is 66.6. The van der Waals surface area contributed by atoms with Crippen molar-refractivity contribution in [1.82, 2.24) is 60.6 Å². The molecule has 0 aromatic carbocycles. The van der Waals surface area contributed by atoms with Gasteiger partial charge in [-0.1, -0.05) is 43.5 Å². The maximum Gasteiger partial charge on any atom is 0.242 e. The number of nitrogens with two attached hydrogens (primary N) is 11. The van der Waals surface area contributed by atoms with E-state index in [4.69, 9.17) is 101 Å². The number of ether oxygens (including phenoxy) is 8. The molecule has 2 saturated carbocycles. The molecule has 55 nitrogen and oxygen atoms in total. The van der Waals surface area contributed by atoms with Crippen LogP contribution < -0.4 is 79.0 Å². The standard InChI is InChI=1S/C81H145N25O30/c1-3-5-6-7-16-54(113)97-45(15-10-19-93-80(89)90)46(109)25-38(28-96-81(91)92)75(128)104(22-12-24-106-32-40(99-101-106)14-9-18-53(112)95-30-48-62(119)66(123)68(125)79(130-48)136-74-44(85)27-42(83)72(70(74)127)134-77-64(121)58(88)60(117)50(37-108)132-77)35-56(115)102(20-4-2)34-55(114)103(33-51(86)110)21-11-23-105-31-39(98-100-105)13-8-17-52(111)94-29-47-61(118)65(122)67(124)78(129-47)135-73-43(84)26-41(82)71(69(73)126)133-76-63(120)57(87)59(116)49(36-107)131-76/h31-32,38,41-45,47-50,57-74,76-79,107-108,116-127H,3-30,33-37,82-85,87-88H2,1-2H3,(H2,86,110)(H,94,111)(H,95,112)(H,97,113)(H4,89,90,93)(H4,91,92,96)/t38-,41?,42?,43?,44?,45-,47?,48?,49?,50?,57?,58?,59?,60?,61?,62?,63?,64?,65?,66?,67?,68?,69?,70?,71?,72?,73?,74?,76?,77?,78?,79?/m0/s1. The van der Waals surface area contributed by atoms with Crippen LogP contribution in [0.1, 0.15) is 134 Å². The van der Waals surface area contributed by atoms with Gasteiger partial charge in [0.1, 0.15) is 122 Å². The fraction of sp³-hybridized carbons (Fsp3) is 0.827. The smallest absolute Gasteiger partial charge is 0.242 e. The Morgan fingerprint density at radius 2 is 0.875 bits per heavy atom. The monoisotopic (exact) mass is 1950 g/mol. The lowest BCUT2D eigenvalue weighted by molar-refractivity contribution is -0.332. The molecule has 8 rings (SSSR count). The van der Waals surface area contributed by atoms with Crippen molar-refractivity contribution in [2.75, 3.05) is 78.7 Å². The molecule has 39 N–H and O–H groups in total. The summed E-state index contributed by atoms with van der Waals surface area (Å²) in [6.07, 6.45) is -31.0. The second-order valence-electron chi connectivity index (χ2n) is 35.4. The quantitative estimate of drug-likeness (QED) is 0.0166. The van der Waals surface area contributed by atoms with Crippen LogP contribution in [-0.2, 0) is 102 Å². The van der Waals surface area contributed by atoms with Crippen LogP contribution in [0.25, 0.3) is 0 Å². The SMILES string of the molecule is CCCCCCC(=O)N[C@@H](CCCN=C(N)N)C(=O)C[C@@H](CN=C(N)N)C(=O)N(CCCn1cc(CCCC(=O)NCC2OC(OC3C(N)CC(N)C(OC4OC(CO)C(O)C(N)C4O)C3O)C(O)C(O)C2O)nn1)CC(=O)N(CCC)CC(=O)N(CCCn1cc(CCCC(=O)NCC2OC(OC3C(N)CC(N)C(OC4OC(CO)C(O)C(N)C4O)C3O)C(O)C(O)C2O)nn1)CC(N)=O. The van der Waals surface area contributed by atoms with E-state index in [2.05, 4.69) is 46.6 Å². The summed E-state index contributed by atoms with van der Waals surface area (Å²) in [5, 5.41) is 175. The van der Waals surface area contributed by atoms with E-state index in [1.165, 1.54) is 19.2 Å². The van der Waals surface area contributed by atoms with Gasteiger partial charge in [0.25, 0.3) is 0 Å². The van der Waals surface area contributed by atoms with E-state index in [1.807, 2.05) is 6.92 Å². The zero-order chi connectivity index (χ0) is 100. The first-order chi connectivity index (χ1) is 64.6. The van der Waals surface area contributed by atoms with Crippen LogP contribution >= 0.6 is 0 Å². The Bertz CT molecular complexity index is 4110. The number of aliphatic imine (C=N–C) groups is 2. The molecule has 7 amide bonds. The summed E-state index contributed by atoms with van der Waals surface area (Å²) in [6, 6.07) is -7.83. The van der Waals surface area contributed by atoms with Gasteiger partial charge in [0, 0.05) is 115 Å². The normalized spacial score (nSPS) is 32.3. The predicted octanol–water partition coefficient (Wildman–Crippen LogP) is -15.5. The van der Waals surface area contributed by atoms with Gasteiger partial charge in [0.2, 0.25) is 41.4 Å². The number of guanidine groups is 2. The van der Waals surface area contributed by atoms with E-state index in [0.29, 0.717) is 24.2 Å². The van der Waals surface area contributed by atoms with Gasteiger partial charge in [-0.3, -0.25) is 57.7 Å². The molecule has 4 aliphatic heterocycles. The van der Waals surface area contributed by atoms with Crippen molar-refractivity contribution in [2.45, 2.75) is 338 Å². The summed E-state index contributed by atoms with van der Waals surface area (Å²) in [6.45, 7) is -0.732. The molecule has 774 valence electrons. The Kier molecular flexibility index (Phi) is 45.7. The van der Waals surface area contributed by atoms with Crippen LogP contribution in [0.3, 0.4) is 0 Å². The van der Waals surface area contributed by atoms with Gasteiger partial charge in [-0.2, -0.15) is 0 Å². The van der Waals surface area contributed by atoms with Crippen molar-refractivity contribution >= 4 is 59.1 Å². The van der Waals surface area contributed by atoms with E-state index in [-0.39, 0.29) is 129 Å². The third-order valence-corrected chi connectivity index (χ3v) is 24.7. The first-order valence-corrected chi connectivity index (χ1v) is 46.1. The molecule has 2 aromatic heterocycles. The van der Waals surface area contributed by atoms with E-state index < -0.39 is 307 Å². The van der Waals surface area contributed by atoms with E-state index >= 15 is 4.79 Å². The van der Waals surface area contributed by atoms with Gasteiger partial charge in [-0.05, 0) is 77.0 Å². The number of primary amides is 1. The van der Waals surface area contributed by atoms with E-state index in [9.17, 15) is 105 Å². The number of nitrogens with zero attached hydrogens (tertiary/aromatic N) is 11. The highest BCUT2D eigenvalue weighted by Gasteiger charge is 2.55. The van der Waals surface area contributed by atoms with Crippen molar-refractivity contribution in [3.63, 3.8) is 0 Å². The summed E-state index contributed by atoms with van der Waals surface area (Å²) < 4.78 is 49.2. The maximum absolute atomic E-state index is 15.3. The second kappa shape index (κ2) is 55.0. The average Bonchev–Trinajstić information content (AvgIpc) is 0.810. The number of unbranched alkanes of at least 4 members (excludes halogenated alkanes) is 3. The average molecular weight is 1950 g/mol. The molecule has 55 heteroatoms.